The normalized spacial score (nSPS) is 14.3. The summed E-state index contributed by atoms with van der Waals surface area (Å²) in [6.07, 6.45) is -2.98. The molecule has 18 heavy (non-hydrogen) atoms. The number of halogens is 3. The van der Waals surface area contributed by atoms with Gasteiger partial charge in [0.25, 0.3) is 0 Å². The molecule has 0 spiro atoms. The average Bonchev–Trinajstić information content (AvgIpc) is 2.31. The standard InChI is InChI=1S/C11H11F3O3S/c1-5(15)18-4-9(16)11(17)6-2-7(12)10(14)8(13)3-6/h2-3,9,11,16-17H,4H2,1H3. The van der Waals surface area contributed by atoms with Crippen molar-refractivity contribution >= 4 is 16.9 Å². The molecular formula is C11H11F3O3S. The minimum absolute atomic E-state index is 0.128. The van der Waals surface area contributed by atoms with Crippen molar-refractivity contribution < 1.29 is 28.2 Å². The fraction of sp³-hybridized carbons (Fsp3) is 0.364. The monoisotopic (exact) mass is 280 g/mol. The van der Waals surface area contributed by atoms with Crippen LogP contribution in [0.1, 0.15) is 18.6 Å². The number of hydrogen-bond donors (Lipinski definition) is 2. The van der Waals surface area contributed by atoms with Gasteiger partial charge in [-0.25, -0.2) is 13.2 Å². The van der Waals surface area contributed by atoms with Gasteiger partial charge in [0.05, 0.1) is 6.10 Å². The molecule has 0 saturated carbocycles. The first-order valence-corrected chi connectivity index (χ1v) is 5.95. The summed E-state index contributed by atoms with van der Waals surface area (Å²) in [5, 5.41) is 18.9. The fourth-order valence-corrected chi connectivity index (χ4v) is 1.85. The first-order valence-electron chi connectivity index (χ1n) is 4.97. The van der Waals surface area contributed by atoms with Crippen LogP contribution in [0.3, 0.4) is 0 Å². The quantitative estimate of drug-likeness (QED) is 0.825. The predicted octanol–water partition coefficient (Wildman–Crippen LogP) is 1.78. The molecule has 0 aromatic heterocycles. The lowest BCUT2D eigenvalue weighted by Crippen LogP contribution is -2.21. The first kappa shape index (κ1) is 15.0. The third-order valence-electron chi connectivity index (χ3n) is 2.17. The summed E-state index contributed by atoms with van der Waals surface area (Å²) in [6, 6.07) is 1.20. The van der Waals surface area contributed by atoms with Crippen molar-refractivity contribution in [3.8, 4) is 0 Å². The molecule has 0 aliphatic rings. The number of carbonyl (C=O) groups excluding carboxylic acids is 1. The Morgan fingerprint density at radius 1 is 1.28 bits per heavy atom. The lowest BCUT2D eigenvalue weighted by atomic mass is 10.0. The van der Waals surface area contributed by atoms with E-state index in [1.165, 1.54) is 6.92 Å². The molecule has 0 fully saturated rings. The zero-order chi connectivity index (χ0) is 13.9. The zero-order valence-electron chi connectivity index (χ0n) is 9.36. The van der Waals surface area contributed by atoms with E-state index < -0.39 is 29.7 Å². The van der Waals surface area contributed by atoms with Crippen LogP contribution in [-0.2, 0) is 4.79 Å². The summed E-state index contributed by atoms with van der Waals surface area (Å²) in [5.74, 6) is -4.67. The van der Waals surface area contributed by atoms with Crippen LogP contribution >= 0.6 is 11.8 Å². The number of hydrogen-bond acceptors (Lipinski definition) is 4. The number of rotatable bonds is 4. The van der Waals surface area contributed by atoms with E-state index in [4.69, 9.17) is 0 Å². The van der Waals surface area contributed by atoms with Gasteiger partial charge in [-0.2, -0.15) is 0 Å². The maximum Gasteiger partial charge on any atom is 0.194 e. The Morgan fingerprint density at radius 3 is 2.22 bits per heavy atom. The SMILES string of the molecule is CC(=O)SCC(O)C(O)c1cc(F)c(F)c(F)c1. The van der Waals surface area contributed by atoms with Crippen molar-refractivity contribution in [2.24, 2.45) is 0 Å². The summed E-state index contributed by atoms with van der Waals surface area (Å²) in [5.41, 5.74) is -0.289. The van der Waals surface area contributed by atoms with Crippen LogP contribution in [0.4, 0.5) is 13.2 Å². The van der Waals surface area contributed by atoms with E-state index >= 15 is 0 Å². The molecule has 0 aliphatic carbocycles. The second-order valence-electron chi connectivity index (χ2n) is 3.61. The summed E-state index contributed by atoms with van der Waals surface area (Å²) in [4.78, 5) is 10.7. The van der Waals surface area contributed by atoms with Crippen molar-refractivity contribution in [1.29, 1.82) is 0 Å². The maximum atomic E-state index is 12.9. The van der Waals surface area contributed by atoms with Crippen molar-refractivity contribution in [3.05, 3.63) is 35.1 Å². The van der Waals surface area contributed by atoms with E-state index in [9.17, 15) is 28.2 Å². The van der Waals surface area contributed by atoms with E-state index in [0.717, 1.165) is 11.8 Å². The molecule has 2 N–H and O–H groups in total. The smallest absolute Gasteiger partial charge is 0.194 e. The Morgan fingerprint density at radius 2 is 1.78 bits per heavy atom. The summed E-state index contributed by atoms with van der Waals surface area (Å²) in [7, 11) is 0. The lowest BCUT2D eigenvalue weighted by molar-refractivity contribution is -0.109. The van der Waals surface area contributed by atoms with Gasteiger partial charge < -0.3 is 10.2 Å². The fourth-order valence-electron chi connectivity index (χ4n) is 1.26. The molecule has 2 atom stereocenters. The predicted molar refractivity (Wildman–Crippen MR) is 60.4 cm³/mol. The van der Waals surface area contributed by atoms with E-state index in [1.54, 1.807) is 0 Å². The van der Waals surface area contributed by atoms with Gasteiger partial charge in [-0.15, -0.1) is 0 Å². The van der Waals surface area contributed by atoms with Gasteiger partial charge in [0.2, 0.25) is 0 Å². The van der Waals surface area contributed by atoms with Gasteiger partial charge in [0.15, 0.2) is 22.6 Å². The Bertz CT molecular complexity index is 430. The molecular weight excluding hydrogens is 269 g/mol. The van der Waals surface area contributed by atoms with Gasteiger partial charge in [0.1, 0.15) is 6.10 Å². The highest BCUT2D eigenvalue weighted by molar-refractivity contribution is 8.13. The van der Waals surface area contributed by atoms with Gasteiger partial charge in [-0.05, 0) is 17.7 Å². The molecule has 1 aromatic carbocycles. The molecule has 1 aromatic rings. The van der Waals surface area contributed by atoms with Crippen molar-refractivity contribution in [2.45, 2.75) is 19.1 Å². The molecule has 2 unspecified atom stereocenters. The highest BCUT2D eigenvalue weighted by atomic mass is 32.2. The maximum absolute atomic E-state index is 12.9. The minimum Gasteiger partial charge on any atom is -0.389 e. The third-order valence-corrected chi connectivity index (χ3v) is 3.08. The number of aliphatic hydroxyl groups excluding tert-OH is 2. The second kappa shape index (κ2) is 6.21. The van der Waals surface area contributed by atoms with E-state index in [1.807, 2.05) is 0 Å². The molecule has 0 amide bonds. The average molecular weight is 280 g/mol. The Balaban J connectivity index is 2.83. The van der Waals surface area contributed by atoms with Crippen LogP contribution in [0.2, 0.25) is 0 Å². The van der Waals surface area contributed by atoms with Gasteiger partial charge in [-0.3, -0.25) is 4.79 Å². The van der Waals surface area contributed by atoms with Crippen LogP contribution in [0.15, 0.2) is 12.1 Å². The van der Waals surface area contributed by atoms with Gasteiger partial charge >= 0.3 is 0 Å². The summed E-state index contributed by atoms with van der Waals surface area (Å²) < 4.78 is 38.5. The van der Waals surface area contributed by atoms with Crippen molar-refractivity contribution in [2.75, 3.05) is 5.75 Å². The van der Waals surface area contributed by atoms with Crippen LogP contribution in [0.25, 0.3) is 0 Å². The largest absolute Gasteiger partial charge is 0.389 e. The number of aliphatic hydroxyl groups is 2. The lowest BCUT2D eigenvalue weighted by Gasteiger charge is -2.17. The molecule has 1 rings (SSSR count). The van der Waals surface area contributed by atoms with Crippen LogP contribution in [0, 0.1) is 17.5 Å². The Hall–Kier alpha value is -1.05. The molecule has 0 bridgehead atoms. The Kier molecular flexibility index (Phi) is 5.18. The van der Waals surface area contributed by atoms with E-state index in [2.05, 4.69) is 0 Å². The molecule has 0 saturated heterocycles. The molecule has 0 aliphatic heterocycles. The molecule has 100 valence electrons. The van der Waals surface area contributed by atoms with Crippen molar-refractivity contribution in [3.63, 3.8) is 0 Å². The Labute approximate surface area is 106 Å². The topological polar surface area (TPSA) is 57.5 Å². The zero-order valence-corrected chi connectivity index (χ0v) is 10.2. The molecule has 0 heterocycles. The third kappa shape index (κ3) is 3.72. The van der Waals surface area contributed by atoms with Crippen LogP contribution in [-0.4, -0.2) is 27.2 Å². The molecule has 3 nitrogen and oxygen atoms in total. The number of thioether (sulfide) groups is 1. The molecule has 0 radical (unpaired) electrons. The van der Waals surface area contributed by atoms with E-state index in [0.29, 0.717) is 12.1 Å². The number of benzene rings is 1. The van der Waals surface area contributed by atoms with Gasteiger partial charge in [-0.1, -0.05) is 11.8 Å². The summed E-state index contributed by atoms with van der Waals surface area (Å²) >= 11 is 0.763. The number of carbonyl (C=O) groups is 1. The highest BCUT2D eigenvalue weighted by Crippen LogP contribution is 2.23. The van der Waals surface area contributed by atoms with Crippen LogP contribution < -0.4 is 0 Å². The van der Waals surface area contributed by atoms with Gasteiger partial charge in [0, 0.05) is 12.7 Å². The first-order chi connectivity index (χ1) is 8.32. The van der Waals surface area contributed by atoms with Crippen LogP contribution in [0.5, 0.6) is 0 Å². The highest BCUT2D eigenvalue weighted by Gasteiger charge is 2.22. The van der Waals surface area contributed by atoms with Crippen molar-refractivity contribution in [1.82, 2.24) is 0 Å². The molecule has 7 heteroatoms. The second-order valence-corrected chi connectivity index (χ2v) is 4.81. The minimum atomic E-state index is -1.64. The van der Waals surface area contributed by atoms with E-state index in [-0.39, 0.29) is 16.4 Å². The summed E-state index contributed by atoms with van der Waals surface area (Å²) in [6.45, 7) is 1.28.